The van der Waals surface area contributed by atoms with Crippen LogP contribution in [0, 0.1) is 0 Å². The van der Waals surface area contributed by atoms with E-state index in [1.165, 1.54) is 11.8 Å². The third-order valence-electron chi connectivity index (χ3n) is 4.68. The molecule has 0 radical (unpaired) electrons. The molecule has 0 aliphatic rings. The number of para-hydroxylation sites is 2. The second kappa shape index (κ2) is 8.39. The zero-order valence-corrected chi connectivity index (χ0v) is 18.4. The number of aromatic nitrogens is 4. The van der Waals surface area contributed by atoms with Crippen LogP contribution in [0.3, 0.4) is 0 Å². The average Bonchev–Trinajstić information content (AvgIpc) is 3.17. The molecule has 2 aromatic heterocycles. The Morgan fingerprint density at radius 3 is 2.55 bits per heavy atom. The highest BCUT2D eigenvalue weighted by Crippen LogP contribution is 2.26. The number of hydrogen-bond donors (Lipinski definition) is 2. The number of amides is 1. The molecule has 158 valence electrons. The normalized spacial score (nSPS) is 11.6. The largest absolute Gasteiger partial charge is 0.310 e. The summed E-state index contributed by atoms with van der Waals surface area (Å²) >= 11 is 1.18. The Kier molecular flexibility index (Phi) is 5.65. The molecule has 0 unspecified atom stereocenters. The van der Waals surface area contributed by atoms with Gasteiger partial charge >= 0.3 is 0 Å². The Balaban J connectivity index is 1.53. The maximum atomic E-state index is 12.7. The minimum absolute atomic E-state index is 0.103. The zero-order chi connectivity index (χ0) is 22.0. The molecule has 4 aromatic rings. The molecular weight excluding hydrogens is 410 g/mol. The number of H-pyrrole nitrogens is 1. The molecule has 8 heteroatoms. The number of nitrogens with zero attached hydrogens (tertiary/aromatic N) is 3. The van der Waals surface area contributed by atoms with E-state index in [-0.39, 0.29) is 22.6 Å². The smallest absolute Gasteiger partial charge is 0.259 e. The topological polar surface area (TPSA) is 92.7 Å². The molecule has 2 N–H and O–H groups in total. The molecule has 2 heterocycles. The Morgan fingerprint density at radius 1 is 1.10 bits per heavy atom. The third kappa shape index (κ3) is 4.69. The van der Waals surface area contributed by atoms with Crippen molar-refractivity contribution < 1.29 is 4.79 Å². The number of carbonyl (C=O) groups is 1. The summed E-state index contributed by atoms with van der Waals surface area (Å²) in [5, 5.41) is 8.58. The molecule has 0 fully saturated rings. The lowest BCUT2D eigenvalue weighted by Crippen LogP contribution is -2.17. The molecule has 0 saturated carbocycles. The van der Waals surface area contributed by atoms with Crippen LogP contribution in [-0.4, -0.2) is 31.4 Å². The van der Waals surface area contributed by atoms with Gasteiger partial charge in [-0.05, 0) is 24.3 Å². The van der Waals surface area contributed by atoms with Gasteiger partial charge in [0, 0.05) is 11.5 Å². The van der Waals surface area contributed by atoms with Crippen molar-refractivity contribution in [1.82, 2.24) is 19.7 Å². The fourth-order valence-corrected chi connectivity index (χ4v) is 3.72. The predicted molar refractivity (Wildman–Crippen MR) is 124 cm³/mol. The SMILES string of the molecule is CC(C)(C)c1cc(NC(=O)CSc2nc3ccccc3c(=O)[nH]2)n(-c2ccccc2)n1. The summed E-state index contributed by atoms with van der Waals surface area (Å²) in [5.74, 6) is 0.492. The Labute approximate surface area is 183 Å². The molecule has 31 heavy (non-hydrogen) atoms. The molecule has 7 nitrogen and oxygen atoms in total. The van der Waals surface area contributed by atoms with Crippen LogP contribution in [0.4, 0.5) is 5.82 Å². The number of nitrogens with one attached hydrogen (secondary N) is 2. The summed E-state index contributed by atoms with van der Waals surface area (Å²) in [4.78, 5) is 32.1. The highest BCUT2D eigenvalue weighted by Gasteiger charge is 2.21. The minimum atomic E-state index is -0.217. The molecule has 4 rings (SSSR count). The van der Waals surface area contributed by atoms with Gasteiger partial charge in [0.05, 0.1) is 28.0 Å². The van der Waals surface area contributed by atoms with Crippen molar-refractivity contribution in [2.45, 2.75) is 31.3 Å². The highest BCUT2D eigenvalue weighted by molar-refractivity contribution is 7.99. The summed E-state index contributed by atoms with van der Waals surface area (Å²) < 4.78 is 1.74. The zero-order valence-electron chi connectivity index (χ0n) is 17.5. The van der Waals surface area contributed by atoms with E-state index < -0.39 is 0 Å². The summed E-state index contributed by atoms with van der Waals surface area (Å²) in [5.41, 5.74) is 1.96. The van der Waals surface area contributed by atoms with E-state index in [0.29, 0.717) is 21.9 Å². The second-order valence-electron chi connectivity index (χ2n) is 8.14. The van der Waals surface area contributed by atoms with Gasteiger partial charge in [-0.2, -0.15) is 5.10 Å². The van der Waals surface area contributed by atoms with Gasteiger partial charge in [0.2, 0.25) is 5.91 Å². The number of aromatic amines is 1. The van der Waals surface area contributed by atoms with Gasteiger partial charge in [-0.3, -0.25) is 9.59 Å². The highest BCUT2D eigenvalue weighted by atomic mass is 32.2. The molecule has 0 bridgehead atoms. The molecule has 0 atom stereocenters. The van der Waals surface area contributed by atoms with Crippen LogP contribution < -0.4 is 10.9 Å². The lowest BCUT2D eigenvalue weighted by atomic mass is 9.92. The number of carbonyl (C=O) groups excluding carboxylic acids is 1. The second-order valence-corrected chi connectivity index (χ2v) is 9.10. The van der Waals surface area contributed by atoms with Gasteiger partial charge < -0.3 is 10.3 Å². The van der Waals surface area contributed by atoms with Crippen LogP contribution in [0.2, 0.25) is 0 Å². The van der Waals surface area contributed by atoms with Gasteiger partial charge in [0.15, 0.2) is 5.16 Å². The quantitative estimate of drug-likeness (QED) is 0.365. The minimum Gasteiger partial charge on any atom is -0.310 e. The summed E-state index contributed by atoms with van der Waals surface area (Å²) in [6, 6.07) is 18.7. The van der Waals surface area contributed by atoms with Gasteiger partial charge in [0.1, 0.15) is 5.82 Å². The molecule has 0 aliphatic heterocycles. The molecule has 0 saturated heterocycles. The first-order chi connectivity index (χ1) is 14.8. The molecule has 0 spiro atoms. The maximum Gasteiger partial charge on any atom is 0.259 e. The summed E-state index contributed by atoms with van der Waals surface area (Å²) in [6.07, 6.45) is 0. The van der Waals surface area contributed by atoms with Crippen LogP contribution in [0.1, 0.15) is 26.5 Å². The van der Waals surface area contributed by atoms with Crippen LogP contribution in [0.15, 0.2) is 70.6 Å². The summed E-state index contributed by atoms with van der Waals surface area (Å²) in [6.45, 7) is 6.23. The van der Waals surface area contributed by atoms with E-state index in [2.05, 4.69) is 36.1 Å². The van der Waals surface area contributed by atoms with Crippen LogP contribution in [-0.2, 0) is 10.2 Å². The van der Waals surface area contributed by atoms with E-state index >= 15 is 0 Å². The van der Waals surface area contributed by atoms with E-state index in [9.17, 15) is 9.59 Å². The van der Waals surface area contributed by atoms with Crippen molar-refractivity contribution in [2.24, 2.45) is 0 Å². The van der Waals surface area contributed by atoms with Crippen molar-refractivity contribution >= 4 is 34.4 Å². The van der Waals surface area contributed by atoms with Gasteiger partial charge in [-0.15, -0.1) is 0 Å². The van der Waals surface area contributed by atoms with Gasteiger partial charge in [0.25, 0.3) is 5.56 Å². The maximum absolute atomic E-state index is 12.7. The number of anilines is 1. The Hall–Kier alpha value is -3.39. The van der Waals surface area contributed by atoms with Crippen molar-refractivity contribution in [3.05, 3.63) is 76.7 Å². The predicted octanol–water partition coefficient (Wildman–Crippen LogP) is 4.14. The first-order valence-corrected chi connectivity index (χ1v) is 10.9. The number of benzene rings is 2. The van der Waals surface area contributed by atoms with E-state index in [4.69, 9.17) is 5.10 Å². The van der Waals surface area contributed by atoms with Crippen LogP contribution in [0.25, 0.3) is 16.6 Å². The van der Waals surface area contributed by atoms with Gasteiger partial charge in [-0.25, -0.2) is 9.67 Å². The first-order valence-electron chi connectivity index (χ1n) is 9.89. The Bertz CT molecular complexity index is 1290. The van der Waals surface area contributed by atoms with E-state index in [1.54, 1.807) is 22.9 Å². The number of hydrogen-bond acceptors (Lipinski definition) is 5. The van der Waals surface area contributed by atoms with E-state index in [0.717, 1.165) is 11.4 Å². The first kappa shape index (κ1) is 20.9. The van der Waals surface area contributed by atoms with E-state index in [1.807, 2.05) is 42.5 Å². The fraction of sp³-hybridized carbons (Fsp3) is 0.217. The summed E-state index contributed by atoms with van der Waals surface area (Å²) in [7, 11) is 0. The van der Waals surface area contributed by atoms with Gasteiger partial charge in [-0.1, -0.05) is 62.9 Å². The lowest BCUT2D eigenvalue weighted by Gasteiger charge is -2.14. The van der Waals surface area contributed by atoms with Crippen molar-refractivity contribution in [3.8, 4) is 5.69 Å². The Morgan fingerprint density at radius 2 is 1.81 bits per heavy atom. The standard InChI is InChI=1S/C23H23N5O2S/c1-23(2,3)18-13-19(28(27-18)15-9-5-4-6-10-15)25-20(29)14-31-22-24-17-12-8-7-11-16(17)21(30)26-22/h4-13H,14H2,1-3H3,(H,25,29)(H,24,26,30). The van der Waals surface area contributed by atoms with Crippen LogP contribution in [0.5, 0.6) is 0 Å². The van der Waals surface area contributed by atoms with Crippen molar-refractivity contribution in [3.63, 3.8) is 0 Å². The number of thioether (sulfide) groups is 1. The van der Waals surface area contributed by atoms with Crippen molar-refractivity contribution in [2.75, 3.05) is 11.1 Å². The average molecular weight is 434 g/mol. The lowest BCUT2D eigenvalue weighted by molar-refractivity contribution is -0.113. The van der Waals surface area contributed by atoms with Crippen LogP contribution >= 0.6 is 11.8 Å². The molecular formula is C23H23N5O2S. The third-order valence-corrected chi connectivity index (χ3v) is 5.55. The monoisotopic (exact) mass is 433 g/mol. The van der Waals surface area contributed by atoms with Crippen molar-refractivity contribution in [1.29, 1.82) is 0 Å². The molecule has 1 amide bonds. The number of rotatable bonds is 5. The number of fused-ring (bicyclic) bond motifs is 1. The molecule has 0 aliphatic carbocycles. The molecule has 2 aromatic carbocycles. The fourth-order valence-electron chi connectivity index (χ4n) is 3.05.